The minimum atomic E-state index is -0.973. The second-order valence-corrected chi connectivity index (χ2v) is 6.09. The van der Waals surface area contributed by atoms with Crippen molar-refractivity contribution in [1.82, 2.24) is 4.90 Å². The average Bonchev–Trinajstić information content (AvgIpc) is 2.48. The molecule has 1 aliphatic rings. The maximum Gasteiger partial charge on any atom is 0.329 e. The molecule has 1 aromatic carbocycles. The number of carboxylic acid groups (broad SMARTS) is 1. The molecule has 0 saturated carbocycles. The van der Waals surface area contributed by atoms with Crippen LogP contribution in [0.5, 0.6) is 0 Å². The van der Waals surface area contributed by atoms with E-state index in [1.807, 2.05) is 0 Å². The first-order valence-corrected chi connectivity index (χ1v) is 7.72. The zero-order valence-corrected chi connectivity index (χ0v) is 13.6. The van der Waals surface area contributed by atoms with E-state index in [9.17, 15) is 9.59 Å². The SMILES string of the molecule is O=C(O)COC1CCN(C(=O)c2ccc(Cl)c(Br)c2)CC1. The molecule has 1 fully saturated rings. The molecule has 21 heavy (non-hydrogen) atoms. The Labute approximate surface area is 136 Å². The average molecular weight is 377 g/mol. The van der Waals surface area contributed by atoms with Crippen molar-refractivity contribution in [3.8, 4) is 0 Å². The van der Waals surface area contributed by atoms with E-state index in [2.05, 4.69) is 15.9 Å². The lowest BCUT2D eigenvalue weighted by molar-refractivity contribution is -0.145. The molecule has 0 aliphatic carbocycles. The van der Waals surface area contributed by atoms with Crippen molar-refractivity contribution < 1.29 is 19.4 Å². The molecule has 1 saturated heterocycles. The van der Waals surface area contributed by atoms with Gasteiger partial charge < -0.3 is 14.7 Å². The fourth-order valence-corrected chi connectivity index (χ4v) is 2.72. The zero-order chi connectivity index (χ0) is 15.4. The van der Waals surface area contributed by atoms with Gasteiger partial charge in [0.1, 0.15) is 6.61 Å². The van der Waals surface area contributed by atoms with Crippen molar-refractivity contribution in [2.24, 2.45) is 0 Å². The number of ether oxygens (including phenoxy) is 1. The summed E-state index contributed by atoms with van der Waals surface area (Å²) in [4.78, 5) is 24.6. The van der Waals surface area contributed by atoms with Crippen molar-refractivity contribution in [3.05, 3.63) is 33.3 Å². The summed E-state index contributed by atoms with van der Waals surface area (Å²) in [6.45, 7) is 0.829. The van der Waals surface area contributed by atoms with Crippen LogP contribution < -0.4 is 0 Å². The number of halogens is 2. The molecule has 0 unspecified atom stereocenters. The van der Waals surface area contributed by atoms with Crippen LogP contribution in [0, 0.1) is 0 Å². The Morgan fingerprint density at radius 3 is 2.62 bits per heavy atom. The Bertz CT molecular complexity index is 544. The maximum absolute atomic E-state index is 12.4. The van der Waals surface area contributed by atoms with Crippen LogP contribution in [0.3, 0.4) is 0 Å². The van der Waals surface area contributed by atoms with Crippen LogP contribution in [0.15, 0.2) is 22.7 Å². The van der Waals surface area contributed by atoms with E-state index >= 15 is 0 Å². The van der Waals surface area contributed by atoms with Crippen molar-refractivity contribution in [1.29, 1.82) is 0 Å². The molecule has 1 aromatic rings. The van der Waals surface area contributed by atoms with Gasteiger partial charge in [-0.2, -0.15) is 0 Å². The van der Waals surface area contributed by atoms with Crippen molar-refractivity contribution in [2.45, 2.75) is 18.9 Å². The minimum Gasteiger partial charge on any atom is -0.480 e. The molecule has 0 atom stereocenters. The van der Waals surface area contributed by atoms with E-state index in [1.54, 1.807) is 23.1 Å². The first-order valence-electron chi connectivity index (χ1n) is 6.55. The predicted octanol–water partition coefficient (Wildman–Crippen LogP) is 2.81. The second kappa shape index (κ2) is 7.24. The number of nitrogens with zero attached hydrogens (tertiary/aromatic N) is 1. The molecule has 0 aromatic heterocycles. The molecule has 114 valence electrons. The van der Waals surface area contributed by atoms with Crippen LogP contribution in [0.25, 0.3) is 0 Å². The molecular weight excluding hydrogens is 362 g/mol. The van der Waals surface area contributed by atoms with Crippen LogP contribution in [0.4, 0.5) is 0 Å². The molecule has 1 N–H and O–H groups in total. The maximum atomic E-state index is 12.4. The number of rotatable bonds is 4. The van der Waals surface area contributed by atoms with Gasteiger partial charge in [0.25, 0.3) is 5.91 Å². The van der Waals surface area contributed by atoms with E-state index in [-0.39, 0.29) is 18.6 Å². The van der Waals surface area contributed by atoms with Gasteiger partial charge in [-0.3, -0.25) is 4.79 Å². The number of amides is 1. The molecule has 1 heterocycles. The highest BCUT2D eigenvalue weighted by Gasteiger charge is 2.24. The van der Waals surface area contributed by atoms with Gasteiger partial charge in [-0.1, -0.05) is 11.6 Å². The molecule has 5 nitrogen and oxygen atoms in total. The van der Waals surface area contributed by atoms with E-state index in [1.165, 1.54) is 0 Å². The van der Waals surface area contributed by atoms with Gasteiger partial charge in [0.05, 0.1) is 11.1 Å². The largest absolute Gasteiger partial charge is 0.480 e. The lowest BCUT2D eigenvalue weighted by atomic mass is 10.1. The standard InChI is InChI=1S/C14H15BrClNO4/c15-11-7-9(1-2-12(11)16)14(20)17-5-3-10(4-6-17)21-8-13(18)19/h1-2,7,10H,3-6,8H2,(H,18,19). The number of aliphatic carboxylic acids is 1. The number of hydrogen-bond acceptors (Lipinski definition) is 3. The summed E-state index contributed by atoms with van der Waals surface area (Å²) in [6, 6.07) is 5.09. The normalized spacial score (nSPS) is 16.0. The fourth-order valence-electron chi connectivity index (χ4n) is 2.23. The number of carboxylic acids is 1. The summed E-state index contributed by atoms with van der Waals surface area (Å²) in [7, 11) is 0. The number of carbonyl (C=O) groups excluding carboxylic acids is 1. The molecular formula is C14H15BrClNO4. The van der Waals surface area contributed by atoms with Gasteiger partial charge in [-0.05, 0) is 47.0 Å². The number of piperidine rings is 1. The number of carbonyl (C=O) groups is 2. The fraction of sp³-hybridized carbons (Fsp3) is 0.429. The Morgan fingerprint density at radius 1 is 1.38 bits per heavy atom. The molecule has 2 rings (SSSR count). The Hall–Kier alpha value is -1.11. The summed E-state index contributed by atoms with van der Waals surface area (Å²) < 4.78 is 5.94. The third-order valence-electron chi connectivity index (χ3n) is 3.34. The summed E-state index contributed by atoms with van der Waals surface area (Å²) in [5.74, 6) is -1.02. The number of benzene rings is 1. The third-order valence-corrected chi connectivity index (χ3v) is 4.55. The van der Waals surface area contributed by atoms with Gasteiger partial charge in [0.15, 0.2) is 0 Å². The second-order valence-electron chi connectivity index (χ2n) is 4.83. The van der Waals surface area contributed by atoms with Gasteiger partial charge in [0.2, 0.25) is 0 Å². The van der Waals surface area contributed by atoms with Crippen LogP contribution in [-0.2, 0) is 9.53 Å². The van der Waals surface area contributed by atoms with Crippen LogP contribution in [-0.4, -0.2) is 47.7 Å². The number of likely N-dealkylation sites (tertiary alicyclic amines) is 1. The first kappa shape index (κ1) is 16.3. The highest BCUT2D eigenvalue weighted by molar-refractivity contribution is 9.10. The summed E-state index contributed by atoms with van der Waals surface area (Å²) >= 11 is 9.22. The summed E-state index contributed by atoms with van der Waals surface area (Å²) in [5, 5.41) is 9.14. The lowest BCUT2D eigenvalue weighted by Gasteiger charge is -2.31. The van der Waals surface area contributed by atoms with Crippen LogP contribution in [0.1, 0.15) is 23.2 Å². The summed E-state index contributed by atoms with van der Waals surface area (Å²) in [5.41, 5.74) is 0.580. The predicted molar refractivity (Wildman–Crippen MR) is 81.7 cm³/mol. The number of hydrogen-bond donors (Lipinski definition) is 1. The van der Waals surface area contributed by atoms with Crippen LogP contribution in [0.2, 0.25) is 5.02 Å². The van der Waals surface area contributed by atoms with Crippen molar-refractivity contribution in [3.63, 3.8) is 0 Å². The van der Waals surface area contributed by atoms with E-state index in [4.69, 9.17) is 21.4 Å². The van der Waals surface area contributed by atoms with Gasteiger partial charge in [0, 0.05) is 23.1 Å². The first-order chi connectivity index (χ1) is 9.97. The molecule has 0 bridgehead atoms. The molecule has 0 spiro atoms. The Morgan fingerprint density at radius 2 is 2.05 bits per heavy atom. The smallest absolute Gasteiger partial charge is 0.329 e. The van der Waals surface area contributed by atoms with Gasteiger partial charge in [-0.15, -0.1) is 0 Å². The van der Waals surface area contributed by atoms with E-state index < -0.39 is 5.97 Å². The zero-order valence-electron chi connectivity index (χ0n) is 11.2. The van der Waals surface area contributed by atoms with Gasteiger partial charge >= 0.3 is 5.97 Å². The molecule has 1 aliphatic heterocycles. The molecule has 1 amide bonds. The van der Waals surface area contributed by atoms with E-state index in [0.717, 1.165) is 0 Å². The summed E-state index contributed by atoms with van der Waals surface area (Å²) in [6.07, 6.45) is 1.20. The van der Waals surface area contributed by atoms with Crippen LogP contribution >= 0.6 is 27.5 Å². The molecule has 7 heteroatoms. The van der Waals surface area contributed by atoms with Gasteiger partial charge in [-0.25, -0.2) is 4.79 Å². The quantitative estimate of drug-likeness (QED) is 0.877. The Balaban J connectivity index is 1.90. The Kier molecular flexibility index (Phi) is 5.61. The third kappa shape index (κ3) is 4.43. The van der Waals surface area contributed by atoms with E-state index in [0.29, 0.717) is 41.0 Å². The highest BCUT2D eigenvalue weighted by atomic mass is 79.9. The van der Waals surface area contributed by atoms with Crippen molar-refractivity contribution >= 4 is 39.4 Å². The highest BCUT2D eigenvalue weighted by Crippen LogP contribution is 2.24. The van der Waals surface area contributed by atoms with Crippen molar-refractivity contribution in [2.75, 3.05) is 19.7 Å². The minimum absolute atomic E-state index is 0.0518. The lowest BCUT2D eigenvalue weighted by Crippen LogP contribution is -2.41. The monoisotopic (exact) mass is 375 g/mol. The topological polar surface area (TPSA) is 66.8 Å². The molecule has 0 radical (unpaired) electrons.